The Morgan fingerprint density at radius 2 is 2.33 bits per heavy atom. The molecule has 0 bridgehead atoms. The highest BCUT2D eigenvalue weighted by atomic mass is 79.9. The van der Waals surface area contributed by atoms with Crippen molar-refractivity contribution < 1.29 is 0 Å². The lowest BCUT2D eigenvalue weighted by Gasteiger charge is -2.07. The molecule has 0 aliphatic carbocycles. The molecular formula is C5H5Br2NS. The molecule has 1 rings (SSSR count). The van der Waals surface area contributed by atoms with Crippen LogP contribution in [-0.4, -0.2) is 4.98 Å². The third-order valence-electron chi connectivity index (χ3n) is 0.808. The molecule has 0 aliphatic rings. The quantitative estimate of drug-likeness (QED) is 0.715. The topological polar surface area (TPSA) is 12.9 Å². The molecule has 0 aromatic carbocycles. The van der Waals surface area contributed by atoms with Crippen LogP contribution < -0.4 is 0 Å². The van der Waals surface area contributed by atoms with E-state index in [1.807, 2.05) is 12.3 Å². The van der Waals surface area contributed by atoms with Gasteiger partial charge in [-0.3, -0.25) is 0 Å². The second-order valence-corrected chi connectivity index (χ2v) is 6.86. The van der Waals surface area contributed by atoms with Gasteiger partial charge in [-0.2, -0.15) is 0 Å². The minimum Gasteiger partial charge on any atom is -0.247 e. The summed E-state index contributed by atoms with van der Waals surface area (Å²) in [7, 11) is 0. The molecule has 0 N–H and O–H groups in total. The van der Waals surface area contributed by atoms with Crippen LogP contribution in [0.1, 0.15) is 11.9 Å². The van der Waals surface area contributed by atoms with Crippen LogP contribution in [0, 0.1) is 0 Å². The number of thiazole rings is 1. The molecule has 1 aromatic rings. The Bertz CT molecular complexity index is 177. The Morgan fingerprint density at radius 3 is 2.56 bits per heavy atom. The van der Waals surface area contributed by atoms with Crippen LogP contribution in [-0.2, 0) is 3.23 Å². The van der Waals surface area contributed by atoms with Crippen LogP contribution in [0.15, 0.2) is 11.6 Å². The summed E-state index contributed by atoms with van der Waals surface area (Å²) < 4.78 is -0.145. The van der Waals surface area contributed by atoms with E-state index >= 15 is 0 Å². The van der Waals surface area contributed by atoms with Crippen molar-refractivity contribution in [3.05, 3.63) is 16.6 Å². The molecule has 50 valence electrons. The van der Waals surface area contributed by atoms with Crippen LogP contribution in [0.5, 0.6) is 0 Å². The smallest absolute Gasteiger partial charge is 0.129 e. The molecule has 9 heavy (non-hydrogen) atoms. The molecule has 0 unspecified atom stereocenters. The highest BCUT2D eigenvalue weighted by Gasteiger charge is 2.20. The monoisotopic (exact) mass is 269 g/mol. The third kappa shape index (κ3) is 2.02. The van der Waals surface area contributed by atoms with E-state index in [4.69, 9.17) is 0 Å². The van der Waals surface area contributed by atoms with Crippen LogP contribution in [0.4, 0.5) is 0 Å². The van der Waals surface area contributed by atoms with Gasteiger partial charge in [-0.25, -0.2) is 4.98 Å². The van der Waals surface area contributed by atoms with Gasteiger partial charge in [0.2, 0.25) is 0 Å². The zero-order valence-corrected chi connectivity index (χ0v) is 8.75. The molecule has 1 aromatic heterocycles. The first-order chi connectivity index (χ1) is 4.11. The lowest BCUT2D eigenvalue weighted by atomic mass is 10.5. The molecule has 0 spiro atoms. The summed E-state index contributed by atoms with van der Waals surface area (Å²) in [6.07, 6.45) is 1.79. The van der Waals surface area contributed by atoms with Crippen LogP contribution in [0.2, 0.25) is 0 Å². The molecule has 4 heteroatoms. The third-order valence-corrected chi connectivity index (χ3v) is 3.08. The number of aromatic nitrogens is 1. The average Bonchev–Trinajstić information content (AvgIpc) is 2.08. The van der Waals surface area contributed by atoms with Gasteiger partial charge >= 0.3 is 0 Å². The molecule has 0 amide bonds. The maximum Gasteiger partial charge on any atom is 0.129 e. The molecule has 1 heterocycles. The molecule has 0 saturated heterocycles. The minimum absolute atomic E-state index is 0.145. The lowest BCUT2D eigenvalue weighted by Crippen LogP contribution is -1.99. The van der Waals surface area contributed by atoms with Crippen molar-refractivity contribution in [1.29, 1.82) is 0 Å². The van der Waals surface area contributed by atoms with Gasteiger partial charge in [0.25, 0.3) is 0 Å². The molecule has 0 atom stereocenters. The van der Waals surface area contributed by atoms with Crippen molar-refractivity contribution in [3.63, 3.8) is 0 Å². The van der Waals surface area contributed by atoms with Gasteiger partial charge in [-0.15, -0.1) is 11.3 Å². The Kier molecular flexibility index (Phi) is 2.29. The predicted molar refractivity (Wildman–Crippen MR) is 47.3 cm³/mol. The van der Waals surface area contributed by atoms with Gasteiger partial charge in [0, 0.05) is 11.6 Å². The highest BCUT2D eigenvalue weighted by Crippen LogP contribution is 2.37. The van der Waals surface area contributed by atoms with E-state index in [1.54, 1.807) is 17.5 Å². The van der Waals surface area contributed by atoms with Gasteiger partial charge < -0.3 is 0 Å². The number of nitrogens with zero attached hydrogens (tertiary/aromatic N) is 1. The number of hydrogen-bond acceptors (Lipinski definition) is 2. The Hall–Kier alpha value is 0.590. The summed E-state index contributed by atoms with van der Waals surface area (Å²) in [6, 6.07) is 0. The van der Waals surface area contributed by atoms with E-state index in [-0.39, 0.29) is 3.23 Å². The fourth-order valence-corrected chi connectivity index (χ4v) is 1.79. The normalized spacial score (nSPS) is 11.9. The van der Waals surface area contributed by atoms with Gasteiger partial charge in [-0.05, 0) is 6.92 Å². The maximum absolute atomic E-state index is 4.11. The largest absolute Gasteiger partial charge is 0.247 e. The molecule has 1 nitrogen and oxygen atoms in total. The minimum atomic E-state index is -0.145. The molecule has 0 fully saturated rings. The van der Waals surface area contributed by atoms with E-state index in [1.165, 1.54) is 0 Å². The fraction of sp³-hybridized carbons (Fsp3) is 0.400. The zero-order chi connectivity index (χ0) is 6.91. The summed E-state index contributed by atoms with van der Waals surface area (Å²) >= 11 is 8.49. The first-order valence-electron chi connectivity index (χ1n) is 2.38. The van der Waals surface area contributed by atoms with Crippen molar-refractivity contribution in [1.82, 2.24) is 4.98 Å². The number of halogens is 2. The first-order valence-corrected chi connectivity index (χ1v) is 4.85. The summed E-state index contributed by atoms with van der Waals surface area (Å²) in [5.41, 5.74) is 0. The number of rotatable bonds is 1. The van der Waals surface area contributed by atoms with Gasteiger partial charge in [0.1, 0.15) is 8.24 Å². The van der Waals surface area contributed by atoms with Crippen LogP contribution in [0.25, 0.3) is 0 Å². The van der Waals surface area contributed by atoms with Crippen LogP contribution >= 0.6 is 43.2 Å². The lowest BCUT2D eigenvalue weighted by molar-refractivity contribution is 1.03. The molecule has 0 aliphatic heterocycles. The van der Waals surface area contributed by atoms with Crippen molar-refractivity contribution in [2.24, 2.45) is 0 Å². The van der Waals surface area contributed by atoms with E-state index in [9.17, 15) is 0 Å². The Labute approximate surface area is 74.8 Å². The van der Waals surface area contributed by atoms with Gasteiger partial charge in [0.05, 0.1) is 0 Å². The first kappa shape index (κ1) is 7.69. The van der Waals surface area contributed by atoms with E-state index in [0.29, 0.717) is 0 Å². The number of hydrogen-bond donors (Lipinski definition) is 0. The van der Waals surface area contributed by atoms with Gasteiger partial charge in [0.15, 0.2) is 0 Å². The van der Waals surface area contributed by atoms with Crippen molar-refractivity contribution >= 4 is 43.2 Å². The fourth-order valence-electron chi connectivity index (χ4n) is 0.440. The molecule has 0 saturated carbocycles. The predicted octanol–water partition coefficient (Wildman–Crippen LogP) is 3.11. The average molecular weight is 271 g/mol. The summed E-state index contributed by atoms with van der Waals surface area (Å²) in [6.45, 7) is 2.01. The summed E-state index contributed by atoms with van der Waals surface area (Å²) in [4.78, 5) is 4.11. The molecular weight excluding hydrogens is 266 g/mol. The number of alkyl halides is 2. The van der Waals surface area contributed by atoms with Gasteiger partial charge in [-0.1, -0.05) is 31.9 Å². The standard InChI is InChI=1S/C5H5Br2NS/c1-5(6,7)4-8-2-3-9-4/h2-3H,1H3. The van der Waals surface area contributed by atoms with Crippen molar-refractivity contribution in [2.75, 3.05) is 0 Å². The zero-order valence-electron chi connectivity index (χ0n) is 4.77. The van der Waals surface area contributed by atoms with E-state index in [2.05, 4.69) is 36.8 Å². The maximum atomic E-state index is 4.11. The van der Waals surface area contributed by atoms with Crippen molar-refractivity contribution in [3.8, 4) is 0 Å². The molecule has 0 radical (unpaired) electrons. The Morgan fingerprint density at radius 1 is 1.67 bits per heavy atom. The van der Waals surface area contributed by atoms with Crippen molar-refractivity contribution in [2.45, 2.75) is 10.2 Å². The Balaban J connectivity index is 2.90. The van der Waals surface area contributed by atoms with E-state index in [0.717, 1.165) is 5.01 Å². The second kappa shape index (κ2) is 2.68. The SMILES string of the molecule is CC(Br)(Br)c1nccs1. The second-order valence-electron chi connectivity index (χ2n) is 1.73. The highest BCUT2D eigenvalue weighted by molar-refractivity contribution is 9.24. The van der Waals surface area contributed by atoms with E-state index < -0.39 is 0 Å². The summed E-state index contributed by atoms with van der Waals surface area (Å²) in [5, 5.41) is 3.00. The summed E-state index contributed by atoms with van der Waals surface area (Å²) in [5.74, 6) is 0. The van der Waals surface area contributed by atoms with Crippen LogP contribution in [0.3, 0.4) is 0 Å².